The number of anilines is 1. The molecular formula is C17H28N2O. The van der Waals surface area contributed by atoms with Gasteiger partial charge in [0.2, 0.25) is 5.91 Å². The first-order valence-electron chi connectivity index (χ1n) is 7.63. The topological polar surface area (TPSA) is 55.1 Å². The SMILES string of the molecule is CCC(CC)C(=O)Nc1ccc(CC(N)C(C)C)cc1. The quantitative estimate of drug-likeness (QED) is 0.799. The zero-order valence-electron chi connectivity index (χ0n) is 13.1. The van der Waals surface area contributed by atoms with E-state index in [0.717, 1.165) is 24.9 Å². The maximum atomic E-state index is 12.0. The fourth-order valence-electron chi connectivity index (χ4n) is 2.14. The molecule has 0 fully saturated rings. The normalized spacial score (nSPS) is 12.8. The molecule has 0 heterocycles. The molecule has 112 valence electrons. The van der Waals surface area contributed by atoms with Crippen molar-refractivity contribution in [2.45, 2.75) is 53.0 Å². The fourth-order valence-corrected chi connectivity index (χ4v) is 2.14. The predicted molar refractivity (Wildman–Crippen MR) is 85.7 cm³/mol. The van der Waals surface area contributed by atoms with Gasteiger partial charge >= 0.3 is 0 Å². The molecule has 1 atom stereocenters. The predicted octanol–water partition coefficient (Wildman–Crippen LogP) is 3.59. The summed E-state index contributed by atoms with van der Waals surface area (Å²) in [6.45, 7) is 8.36. The van der Waals surface area contributed by atoms with Gasteiger partial charge in [-0.1, -0.05) is 39.8 Å². The van der Waals surface area contributed by atoms with Crippen LogP contribution in [0.3, 0.4) is 0 Å². The maximum Gasteiger partial charge on any atom is 0.227 e. The average Bonchev–Trinajstić information content (AvgIpc) is 2.42. The molecule has 0 aliphatic rings. The lowest BCUT2D eigenvalue weighted by Crippen LogP contribution is -2.28. The summed E-state index contributed by atoms with van der Waals surface area (Å²) in [6, 6.07) is 8.20. The number of carbonyl (C=O) groups excluding carboxylic acids is 1. The first-order chi connectivity index (χ1) is 9.47. The van der Waals surface area contributed by atoms with Gasteiger partial charge in [0.25, 0.3) is 0 Å². The van der Waals surface area contributed by atoms with Crippen LogP contribution in [-0.4, -0.2) is 11.9 Å². The van der Waals surface area contributed by atoms with Crippen LogP contribution < -0.4 is 11.1 Å². The van der Waals surface area contributed by atoms with Crippen LogP contribution >= 0.6 is 0 Å². The van der Waals surface area contributed by atoms with E-state index in [4.69, 9.17) is 5.73 Å². The fraction of sp³-hybridized carbons (Fsp3) is 0.588. The largest absolute Gasteiger partial charge is 0.327 e. The van der Waals surface area contributed by atoms with Crippen molar-refractivity contribution in [1.29, 1.82) is 0 Å². The zero-order chi connectivity index (χ0) is 15.1. The van der Waals surface area contributed by atoms with Crippen LogP contribution in [0.25, 0.3) is 0 Å². The molecule has 20 heavy (non-hydrogen) atoms. The van der Waals surface area contributed by atoms with E-state index in [9.17, 15) is 4.79 Å². The zero-order valence-corrected chi connectivity index (χ0v) is 13.1. The van der Waals surface area contributed by atoms with Gasteiger partial charge in [0.15, 0.2) is 0 Å². The van der Waals surface area contributed by atoms with Gasteiger partial charge in [0, 0.05) is 17.6 Å². The van der Waals surface area contributed by atoms with Gasteiger partial charge in [-0.05, 0) is 42.9 Å². The minimum atomic E-state index is 0.101. The van der Waals surface area contributed by atoms with Gasteiger partial charge in [-0.25, -0.2) is 0 Å². The highest BCUT2D eigenvalue weighted by Gasteiger charge is 2.14. The van der Waals surface area contributed by atoms with Crippen molar-refractivity contribution < 1.29 is 4.79 Å². The third kappa shape index (κ3) is 4.97. The third-order valence-electron chi connectivity index (χ3n) is 3.91. The Balaban J connectivity index is 2.60. The highest BCUT2D eigenvalue weighted by molar-refractivity contribution is 5.92. The Hall–Kier alpha value is -1.35. The van der Waals surface area contributed by atoms with Crippen LogP contribution in [0.4, 0.5) is 5.69 Å². The Morgan fingerprint density at radius 2 is 1.70 bits per heavy atom. The molecule has 1 amide bonds. The molecule has 0 aromatic heterocycles. The molecule has 1 unspecified atom stereocenters. The number of hydrogen-bond donors (Lipinski definition) is 2. The standard InChI is InChI=1S/C17H28N2O/c1-5-14(6-2)17(20)19-15-9-7-13(8-10-15)11-16(18)12(3)4/h7-10,12,14,16H,5-6,11,18H2,1-4H3,(H,19,20). The second-order valence-electron chi connectivity index (χ2n) is 5.81. The van der Waals surface area contributed by atoms with E-state index >= 15 is 0 Å². The Kier molecular flexibility index (Phi) is 6.73. The lowest BCUT2D eigenvalue weighted by molar-refractivity contribution is -0.120. The van der Waals surface area contributed by atoms with Crippen molar-refractivity contribution in [3.05, 3.63) is 29.8 Å². The molecule has 1 aromatic rings. The van der Waals surface area contributed by atoms with E-state index in [1.807, 2.05) is 38.1 Å². The van der Waals surface area contributed by atoms with Crippen molar-refractivity contribution in [2.75, 3.05) is 5.32 Å². The maximum absolute atomic E-state index is 12.0. The van der Waals surface area contributed by atoms with E-state index in [0.29, 0.717) is 5.92 Å². The summed E-state index contributed by atoms with van der Waals surface area (Å²) in [5.74, 6) is 0.690. The van der Waals surface area contributed by atoms with Crippen LogP contribution in [0.15, 0.2) is 24.3 Å². The summed E-state index contributed by atoms with van der Waals surface area (Å²) < 4.78 is 0. The van der Waals surface area contributed by atoms with Gasteiger partial charge in [-0.2, -0.15) is 0 Å². The number of benzene rings is 1. The number of carbonyl (C=O) groups is 1. The van der Waals surface area contributed by atoms with Gasteiger partial charge in [-0.15, -0.1) is 0 Å². The highest BCUT2D eigenvalue weighted by Crippen LogP contribution is 2.15. The minimum absolute atomic E-state index is 0.101. The van der Waals surface area contributed by atoms with Gasteiger partial charge < -0.3 is 11.1 Å². The number of hydrogen-bond acceptors (Lipinski definition) is 2. The van der Waals surface area contributed by atoms with Crippen molar-refractivity contribution >= 4 is 11.6 Å². The van der Waals surface area contributed by atoms with Gasteiger partial charge in [0.05, 0.1) is 0 Å². The van der Waals surface area contributed by atoms with E-state index in [1.54, 1.807) is 0 Å². The van der Waals surface area contributed by atoms with Crippen LogP contribution in [0.5, 0.6) is 0 Å². The number of amides is 1. The molecule has 3 heteroatoms. The van der Waals surface area contributed by atoms with E-state index in [1.165, 1.54) is 5.56 Å². The molecule has 0 spiro atoms. The molecular weight excluding hydrogens is 248 g/mol. The van der Waals surface area contributed by atoms with Crippen molar-refractivity contribution in [2.24, 2.45) is 17.6 Å². The smallest absolute Gasteiger partial charge is 0.227 e. The molecule has 0 bridgehead atoms. The third-order valence-corrected chi connectivity index (χ3v) is 3.91. The lowest BCUT2D eigenvalue weighted by Gasteiger charge is -2.16. The number of nitrogens with two attached hydrogens (primary N) is 1. The first-order valence-corrected chi connectivity index (χ1v) is 7.63. The average molecular weight is 276 g/mol. The van der Waals surface area contributed by atoms with Crippen LogP contribution in [0.1, 0.15) is 46.1 Å². The minimum Gasteiger partial charge on any atom is -0.327 e. The monoisotopic (exact) mass is 276 g/mol. The second-order valence-corrected chi connectivity index (χ2v) is 5.81. The molecule has 0 saturated carbocycles. The van der Waals surface area contributed by atoms with Crippen molar-refractivity contribution in [3.8, 4) is 0 Å². The van der Waals surface area contributed by atoms with Crippen LogP contribution in [-0.2, 0) is 11.2 Å². The Morgan fingerprint density at radius 1 is 1.15 bits per heavy atom. The second kappa shape index (κ2) is 8.05. The van der Waals surface area contributed by atoms with E-state index in [2.05, 4.69) is 19.2 Å². The Morgan fingerprint density at radius 3 is 2.15 bits per heavy atom. The number of rotatable bonds is 7. The molecule has 3 N–H and O–H groups in total. The van der Waals surface area contributed by atoms with Gasteiger partial charge in [-0.3, -0.25) is 4.79 Å². The van der Waals surface area contributed by atoms with Crippen LogP contribution in [0, 0.1) is 11.8 Å². The Bertz CT molecular complexity index is 408. The molecule has 0 saturated heterocycles. The number of nitrogens with one attached hydrogen (secondary N) is 1. The van der Waals surface area contributed by atoms with Crippen LogP contribution in [0.2, 0.25) is 0 Å². The molecule has 1 rings (SSSR count). The first kappa shape index (κ1) is 16.7. The summed E-state index contributed by atoms with van der Waals surface area (Å²) in [5, 5.41) is 2.98. The summed E-state index contributed by atoms with van der Waals surface area (Å²) in [4.78, 5) is 12.0. The molecule has 0 aliphatic heterocycles. The van der Waals surface area contributed by atoms with Crippen molar-refractivity contribution in [1.82, 2.24) is 0 Å². The van der Waals surface area contributed by atoms with E-state index < -0.39 is 0 Å². The van der Waals surface area contributed by atoms with E-state index in [-0.39, 0.29) is 17.9 Å². The summed E-state index contributed by atoms with van der Waals surface area (Å²) >= 11 is 0. The van der Waals surface area contributed by atoms with Gasteiger partial charge in [0.1, 0.15) is 0 Å². The molecule has 0 radical (unpaired) electrons. The highest BCUT2D eigenvalue weighted by atomic mass is 16.1. The summed E-state index contributed by atoms with van der Waals surface area (Å²) in [6.07, 6.45) is 2.63. The summed E-state index contributed by atoms with van der Waals surface area (Å²) in [7, 11) is 0. The summed E-state index contributed by atoms with van der Waals surface area (Å²) in [5.41, 5.74) is 8.15. The lowest BCUT2D eigenvalue weighted by atomic mass is 9.97. The molecule has 0 aliphatic carbocycles. The molecule has 3 nitrogen and oxygen atoms in total. The van der Waals surface area contributed by atoms with Crippen molar-refractivity contribution in [3.63, 3.8) is 0 Å². The Labute approximate surface area is 122 Å². The molecule has 1 aromatic carbocycles.